The van der Waals surface area contributed by atoms with Gasteiger partial charge in [0.15, 0.2) is 0 Å². The van der Waals surface area contributed by atoms with Crippen LogP contribution in [0.25, 0.3) is 6.08 Å². The highest BCUT2D eigenvalue weighted by Gasteiger charge is 2.43. The van der Waals surface area contributed by atoms with E-state index >= 15 is 0 Å². The maximum Gasteiger partial charge on any atom is 0.501 e. The van der Waals surface area contributed by atoms with E-state index in [-0.39, 0.29) is 5.41 Å². The molecular weight excluding hydrogens is 309 g/mol. The summed E-state index contributed by atoms with van der Waals surface area (Å²) >= 11 is 3.15. The molecule has 0 radical (unpaired) electrons. The van der Waals surface area contributed by atoms with Gasteiger partial charge in [0.25, 0.3) is 9.84 Å². The van der Waals surface area contributed by atoms with E-state index < -0.39 is 15.3 Å². The summed E-state index contributed by atoms with van der Waals surface area (Å²) in [6.07, 6.45) is 0.898. The Morgan fingerprint density at radius 1 is 1.12 bits per heavy atom. The molecule has 0 amide bonds. The Morgan fingerprint density at radius 2 is 1.62 bits per heavy atom. The first kappa shape index (κ1) is 13.2. The third-order valence-electron chi connectivity index (χ3n) is 1.63. The van der Waals surface area contributed by atoms with Gasteiger partial charge in [-0.05, 0) is 23.8 Å². The zero-order valence-electron chi connectivity index (χ0n) is 7.70. The Kier molecular flexibility index (Phi) is 3.80. The molecule has 0 aliphatic heterocycles. The van der Waals surface area contributed by atoms with Gasteiger partial charge in [-0.15, -0.1) is 0 Å². The Hall–Kier alpha value is -0.820. The average molecular weight is 315 g/mol. The van der Waals surface area contributed by atoms with Crippen molar-refractivity contribution in [2.75, 3.05) is 0 Å². The van der Waals surface area contributed by atoms with Crippen LogP contribution in [0.2, 0.25) is 0 Å². The Morgan fingerprint density at radius 3 is 2.06 bits per heavy atom. The summed E-state index contributed by atoms with van der Waals surface area (Å²) in [5, 5.41) is 0.149. The van der Waals surface area contributed by atoms with E-state index in [1.165, 1.54) is 12.1 Å². The highest BCUT2D eigenvalue weighted by atomic mass is 79.9. The molecule has 0 bridgehead atoms. The van der Waals surface area contributed by atoms with Crippen molar-refractivity contribution in [2.24, 2.45) is 0 Å². The van der Waals surface area contributed by atoms with Crippen molar-refractivity contribution in [3.05, 3.63) is 39.7 Å². The molecule has 1 aromatic carbocycles. The summed E-state index contributed by atoms with van der Waals surface area (Å²) < 4.78 is 58.0. The van der Waals surface area contributed by atoms with Crippen molar-refractivity contribution < 1.29 is 21.6 Å². The lowest BCUT2D eigenvalue weighted by Gasteiger charge is -2.02. The van der Waals surface area contributed by atoms with E-state index in [2.05, 4.69) is 15.9 Å². The maximum absolute atomic E-state index is 12.0. The van der Waals surface area contributed by atoms with Gasteiger partial charge in [0, 0.05) is 9.88 Å². The first-order chi connectivity index (χ1) is 7.22. The van der Waals surface area contributed by atoms with Crippen LogP contribution in [-0.2, 0) is 9.84 Å². The molecule has 0 heterocycles. The van der Waals surface area contributed by atoms with Crippen LogP contribution >= 0.6 is 15.9 Å². The molecule has 0 aromatic heterocycles. The molecule has 0 atom stereocenters. The van der Waals surface area contributed by atoms with Gasteiger partial charge in [-0.1, -0.05) is 28.1 Å². The summed E-state index contributed by atoms with van der Waals surface area (Å²) in [6, 6.07) is 6.18. The van der Waals surface area contributed by atoms with Gasteiger partial charge in [-0.2, -0.15) is 13.2 Å². The Bertz CT molecular complexity index is 488. The predicted molar refractivity (Wildman–Crippen MR) is 58.2 cm³/mol. The third kappa shape index (κ3) is 3.34. The molecule has 0 saturated heterocycles. The van der Waals surface area contributed by atoms with Gasteiger partial charge in [0.1, 0.15) is 0 Å². The fourth-order valence-corrected chi connectivity index (χ4v) is 1.57. The van der Waals surface area contributed by atoms with E-state index in [9.17, 15) is 21.6 Å². The molecule has 88 valence electrons. The van der Waals surface area contributed by atoms with E-state index in [4.69, 9.17) is 0 Å². The molecule has 0 aliphatic carbocycles. The molecule has 0 saturated carbocycles. The van der Waals surface area contributed by atoms with Gasteiger partial charge < -0.3 is 0 Å². The van der Waals surface area contributed by atoms with E-state index in [1.54, 1.807) is 12.1 Å². The smallest absolute Gasteiger partial charge is 0.215 e. The number of rotatable bonds is 2. The molecular formula is C9H6BrF3O2S. The molecule has 1 aromatic rings. The normalized spacial score (nSPS) is 13.2. The minimum Gasteiger partial charge on any atom is -0.215 e. The Labute approximate surface area is 98.8 Å². The number of sulfone groups is 1. The molecule has 2 nitrogen and oxygen atoms in total. The summed E-state index contributed by atoms with van der Waals surface area (Å²) in [5.74, 6) is 0. The summed E-state index contributed by atoms with van der Waals surface area (Å²) in [6.45, 7) is 0. The van der Waals surface area contributed by atoms with Gasteiger partial charge in [-0.25, -0.2) is 8.42 Å². The summed E-state index contributed by atoms with van der Waals surface area (Å²) in [5.41, 5.74) is -4.88. The first-order valence-corrected chi connectivity index (χ1v) is 6.31. The van der Waals surface area contributed by atoms with Crippen LogP contribution in [0.5, 0.6) is 0 Å². The maximum atomic E-state index is 12.0. The quantitative estimate of drug-likeness (QED) is 0.839. The lowest BCUT2D eigenvalue weighted by atomic mass is 10.2. The van der Waals surface area contributed by atoms with E-state index in [0.717, 1.165) is 10.5 Å². The predicted octanol–water partition coefficient (Wildman–Crippen LogP) is 3.35. The second-order valence-electron chi connectivity index (χ2n) is 2.85. The number of hydrogen-bond acceptors (Lipinski definition) is 2. The first-order valence-electron chi connectivity index (χ1n) is 3.97. The monoisotopic (exact) mass is 314 g/mol. The van der Waals surface area contributed by atoms with Crippen molar-refractivity contribution in [2.45, 2.75) is 5.51 Å². The second-order valence-corrected chi connectivity index (χ2v) is 5.59. The summed E-state index contributed by atoms with van der Waals surface area (Å²) in [4.78, 5) is 0. The molecule has 7 heteroatoms. The zero-order valence-corrected chi connectivity index (χ0v) is 10.1. The van der Waals surface area contributed by atoms with Crippen molar-refractivity contribution >= 4 is 31.8 Å². The van der Waals surface area contributed by atoms with Crippen LogP contribution in [0.3, 0.4) is 0 Å². The van der Waals surface area contributed by atoms with Crippen LogP contribution < -0.4 is 0 Å². The zero-order chi connectivity index (χ0) is 12.4. The van der Waals surface area contributed by atoms with Crippen LogP contribution in [0.4, 0.5) is 13.2 Å². The lowest BCUT2D eigenvalue weighted by molar-refractivity contribution is -0.0423. The van der Waals surface area contributed by atoms with Crippen molar-refractivity contribution in [1.82, 2.24) is 0 Å². The minimum absolute atomic E-state index is 0.149. The van der Waals surface area contributed by atoms with E-state index in [1.807, 2.05) is 0 Å². The van der Waals surface area contributed by atoms with Crippen molar-refractivity contribution in [3.63, 3.8) is 0 Å². The van der Waals surface area contributed by atoms with Gasteiger partial charge in [0.05, 0.1) is 0 Å². The second kappa shape index (κ2) is 4.58. The highest BCUT2D eigenvalue weighted by Crippen LogP contribution is 2.25. The lowest BCUT2D eigenvalue weighted by Crippen LogP contribution is -2.20. The average Bonchev–Trinajstić information content (AvgIpc) is 2.15. The summed E-state index contributed by atoms with van der Waals surface area (Å²) in [7, 11) is -5.20. The number of halogens is 4. The molecule has 1 rings (SSSR count). The molecule has 0 spiro atoms. The van der Waals surface area contributed by atoms with Crippen LogP contribution in [0.1, 0.15) is 5.56 Å². The topological polar surface area (TPSA) is 34.1 Å². The van der Waals surface area contributed by atoms with Crippen LogP contribution in [0.15, 0.2) is 34.1 Å². The SMILES string of the molecule is O=S(=O)(C=Cc1ccc(Br)cc1)C(F)(F)F. The fourth-order valence-electron chi connectivity index (χ4n) is 0.819. The molecule has 0 N–H and O–H groups in total. The third-order valence-corrected chi connectivity index (χ3v) is 3.30. The molecule has 16 heavy (non-hydrogen) atoms. The highest BCUT2D eigenvalue weighted by molar-refractivity contribution is 9.10. The molecule has 0 fully saturated rings. The van der Waals surface area contributed by atoms with Crippen molar-refractivity contribution in [3.8, 4) is 0 Å². The molecule has 0 unspecified atom stereocenters. The van der Waals surface area contributed by atoms with Gasteiger partial charge >= 0.3 is 5.51 Å². The van der Waals surface area contributed by atoms with E-state index in [0.29, 0.717) is 5.56 Å². The van der Waals surface area contributed by atoms with Crippen LogP contribution in [-0.4, -0.2) is 13.9 Å². The van der Waals surface area contributed by atoms with Crippen LogP contribution in [0, 0.1) is 0 Å². The molecule has 0 aliphatic rings. The number of alkyl halides is 3. The largest absolute Gasteiger partial charge is 0.501 e. The standard InChI is InChI=1S/C9H6BrF3O2S/c10-8-3-1-7(2-4-8)5-6-16(14,15)9(11,12)13/h1-6H. The van der Waals surface area contributed by atoms with Gasteiger partial charge in [0.2, 0.25) is 0 Å². The van der Waals surface area contributed by atoms with Crippen molar-refractivity contribution in [1.29, 1.82) is 0 Å². The minimum atomic E-state index is -5.25. The van der Waals surface area contributed by atoms with Gasteiger partial charge in [-0.3, -0.25) is 0 Å². The Balaban J connectivity index is 2.94. The number of hydrogen-bond donors (Lipinski definition) is 0. The fraction of sp³-hybridized carbons (Fsp3) is 0.111. The number of benzene rings is 1.